The minimum absolute atomic E-state index is 0. The number of likely N-dealkylation sites (N-methyl/N-ethyl adjacent to an activating group) is 1. The van der Waals surface area contributed by atoms with Gasteiger partial charge in [0.05, 0.1) is 20.2 Å². The van der Waals surface area contributed by atoms with Crippen LogP contribution in [0.15, 0.2) is 35.5 Å². The SMILES string of the molecule is CCNC(=NCc1cn(C)nc1C(F)(F)F)N(C)CCOc1ccc(OC)cc1.I. The summed E-state index contributed by atoms with van der Waals surface area (Å²) in [6.07, 6.45) is -3.18. The molecule has 168 valence electrons. The Morgan fingerprint density at radius 2 is 1.87 bits per heavy atom. The van der Waals surface area contributed by atoms with E-state index in [1.54, 1.807) is 43.3 Å². The Morgan fingerprint density at radius 1 is 1.23 bits per heavy atom. The summed E-state index contributed by atoms with van der Waals surface area (Å²) in [5, 5.41) is 6.58. The van der Waals surface area contributed by atoms with Gasteiger partial charge in [-0.1, -0.05) is 0 Å². The summed E-state index contributed by atoms with van der Waals surface area (Å²) >= 11 is 0. The number of rotatable bonds is 8. The second kappa shape index (κ2) is 11.9. The molecular formula is C19H27F3IN5O2. The summed E-state index contributed by atoms with van der Waals surface area (Å²) in [5.41, 5.74) is -0.886. The Hall–Kier alpha value is -2.18. The highest BCUT2D eigenvalue weighted by Crippen LogP contribution is 2.30. The first kappa shape index (κ1) is 25.9. The molecular weight excluding hydrogens is 514 g/mol. The van der Waals surface area contributed by atoms with Crippen molar-refractivity contribution < 1.29 is 22.6 Å². The molecule has 0 unspecified atom stereocenters. The zero-order valence-corrected chi connectivity index (χ0v) is 19.7. The lowest BCUT2D eigenvalue weighted by Crippen LogP contribution is -2.40. The van der Waals surface area contributed by atoms with E-state index < -0.39 is 11.9 Å². The Bertz CT molecular complexity index is 809. The number of methoxy groups -OCH3 is 1. The number of ether oxygens (including phenoxy) is 2. The van der Waals surface area contributed by atoms with Crippen molar-refractivity contribution in [2.24, 2.45) is 12.0 Å². The van der Waals surface area contributed by atoms with E-state index in [-0.39, 0.29) is 36.1 Å². The summed E-state index contributed by atoms with van der Waals surface area (Å²) < 4.78 is 51.2. The molecule has 7 nitrogen and oxygen atoms in total. The largest absolute Gasteiger partial charge is 0.497 e. The van der Waals surface area contributed by atoms with Crippen molar-refractivity contribution in [3.8, 4) is 11.5 Å². The monoisotopic (exact) mass is 541 g/mol. The summed E-state index contributed by atoms with van der Waals surface area (Å²) in [6.45, 7) is 3.23. The molecule has 1 heterocycles. The van der Waals surface area contributed by atoms with E-state index in [2.05, 4.69) is 15.4 Å². The normalized spacial score (nSPS) is 11.6. The van der Waals surface area contributed by atoms with Gasteiger partial charge in [-0.25, -0.2) is 4.99 Å². The number of nitrogens with one attached hydrogen (secondary N) is 1. The fourth-order valence-corrected chi connectivity index (χ4v) is 2.60. The van der Waals surface area contributed by atoms with Gasteiger partial charge in [-0.05, 0) is 31.2 Å². The van der Waals surface area contributed by atoms with Crippen LogP contribution >= 0.6 is 24.0 Å². The van der Waals surface area contributed by atoms with Crippen LogP contribution in [0.3, 0.4) is 0 Å². The average molecular weight is 541 g/mol. The minimum Gasteiger partial charge on any atom is -0.497 e. The Labute approximate surface area is 191 Å². The van der Waals surface area contributed by atoms with Crippen molar-refractivity contribution in [2.45, 2.75) is 19.6 Å². The van der Waals surface area contributed by atoms with Gasteiger partial charge in [0.2, 0.25) is 0 Å². The lowest BCUT2D eigenvalue weighted by molar-refractivity contribution is -0.142. The Balaban J connectivity index is 0.00000450. The van der Waals surface area contributed by atoms with Crippen LogP contribution in [0.5, 0.6) is 11.5 Å². The molecule has 11 heteroatoms. The van der Waals surface area contributed by atoms with E-state index >= 15 is 0 Å². The third-order valence-electron chi connectivity index (χ3n) is 4.02. The predicted octanol–water partition coefficient (Wildman–Crippen LogP) is 3.54. The first-order chi connectivity index (χ1) is 13.7. The van der Waals surface area contributed by atoms with Gasteiger partial charge < -0.3 is 19.7 Å². The molecule has 0 amide bonds. The van der Waals surface area contributed by atoms with Crippen LogP contribution in [0.4, 0.5) is 13.2 Å². The number of aryl methyl sites for hydroxylation is 1. The number of hydrogen-bond donors (Lipinski definition) is 1. The number of hydrogen-bond acceptors (Lipinski definition) is 4. The first-order valence-corrected chi connectivity index (χ1v) is 9.10. The highest BCUT2D eigenvalue weighted by molar-refractivity contribution is 14.0. The molecule has 0 aliphatic rings. The quantitative estimate of drug-likeness (QED) is 0.315. The van der Waals surface area contributed by atoms with E-state index in [1.807, 2.05) is 6.92 Å². The minimum atomic E-state index is -4.51. The Morgan fingerprint density at radius 3 is 2.43 bits per heavy atom. The van der Waals surface area contributed by atoms with Crippen LogP contribution in [-0.4, -0.2) is 54.5 Å². The molecule has 0 spiro atoms. The molecule has 0 aliphatic heterocycles. The van der Waals surface area contributed by atoms with Crippen molar-refractivity contribution >= 4 is 29.9 Å². The van der Waals surface area contributed by atoms with Crippen LogP contribution in [0.2, 0.25) is 0 Å². The molecule has 0 radical (unpaired) electrons. The molecule has 30 heavy (non-hydrogen) atoms. The molecule has 1 N–H and O–H groups in total. The third-order valence-corrected chi connectivity index (χ3v) is 4.02. The number of guanidine groups is 1. The molecule has 0 aliphatic carbocycles. The van der Waals surface area contributed by atoms with E-state index in [4.69, 9.17) is 9.47 Å². The van der Waals surface area contributed by atoms with Gasteiger partial charge in [-0.15, -0.1) is 24.0 Å². The second-order valence-corrected chi connectivity index (χ2v) is 6.29. The van der Waals surface area contributed by atoms with E-state index in [9.17, 15) is 13.2 Å². The van der Waals surface area contributed by atoms with Crippen molar-refractivity contribution in [1.82, 2.24) is 20.0 Å². The van der Waals surface area contributed by atoms with Crippen molar-refractivity contribution in [1.29, 1.82) is 0 Å². The maximum Gasteiger partial charge on any atom is 0.435 e. The van der Waals surface area contributed by atoms with E-state index in [0.29, 0.717) is 31.4 Å². The second-order valence-electron chi connectivity index (χ2n) is 6.29. The molecule has 1 aromatic carbocycles. The smallest absolute Gasteiger partial charge is 0.435 e. The first-order valence-electron chi connectivity index (χ1n) is 9.10. The lowest BCUT2D eigenvalue weighted by atomic mass is 10.2. The number of benzene rings is 1. The number of aliphatic imine (C=N–C) groups is 1. The van der Waals surface area contributed by atoms with Gasteiger partial charge in [0.25, 0.3) is 0 Å². The molecule has 0 bridgehead atoms. The fraction of sp³-hybridized carbons (Fsp3) is 0.474. The standard InChI is InChI=1S/C19H26F3N5O2.HI/c1-5-23-18(24-12-14-13-27(3)25-17(14)19(20,21)22)26(2)10-11-29-16-8-6-15(28-4)7-9-16;/h6-9,13H,5,10-12H2,1-4H3,(H,23,24);1H. The highest BCUT2D eigenvalue weighted by Gasteiger charge is 2.36. The highest BCUT2D eigenvalue weighted by atomic mass is 127. The molecule has 1 aromatic heterocycles. The molecule has 0 atom stereocenters. The van der Waals surface area contributed by atoms with E-state index in [1.165, 1.54) is 13.2 Å². The van der Waals surface area contributed by atoms with Gasteiger partial charge >= 0.3 is 6.18 Å². The summed E-state index contributed by atoms with van der Waals surface area (Å²) in [6, 6.07) is 7.21. The predicted molar refractivity (Wildman–Crippen MR) is 120 cm³/mol. The average Bonchev–Trinajstić information content (AvgIpc) is 3.06. The lowest BCUT2D eigenvalue weighted by Gasteiger charge is -2.22. The fourth-order valence-electron chi connectivity index (χ4n) is 2.60. The van der Waals surface area contributed by atoms with Crippen LogP contribution in [0.1, 0.15) is 18.2 Å². The number of halogens is 4. The third kappa shape index (κ3) is 7.58. The van der Waals surface area contributed by atoms with Crippen LogP contribution in [0.25, 0.3) is 0 Å². The number of alkyl halides is 3. The maximum atomic E-state index is 13.1. The number of aromatic nitrogens is 2. The summed E-state index contributed by atoms with van der Waals surface area (Å²) in [7, 11) is 4.85. The van der Waals surface area contributed by atoms with Crippen LogP contribution in [0, 0.1) is 0 Å². The zero-order chi connectivity index (χ0) is 21.4. The molecule has 2 rings (SSSR count). The molecule has 0 saturated heterocycles. The maximum absolute atomic E-state index is 13.1. The van der Waals surface area contributed by atoms with Gasteiger partial charge in [0.15, 0.2) is 11.7 Å². The van der Waals surface area contributed by atoms with Gasteiger partial charge in [0.1, 0.15) is 18.1 Å². The van der Waals surface area contributed by atoms with Crippen LogP contribution < -0.4 is 14.8 Å². The molecule has 0 saturated carbocycles. The summed E-state index contributed by atoms with van der Waals surface area (Å²) in [4.78, 5) is 6.13. The van der Waals surface area contributed by atoms with E-state index in [0.717, 1.165) is 10.4 Å². The van der Waals surface area contributed by atoms with Crippen molar-refractivity contribution in [2.75, 3.05) is 33.9 Å². The van der Waals surface area contributed by atoms with Crippen molar-refractivity contribution in [3.05, 3.63) is 41.7 Å². The number of nitrogens with zero attached hydrogens (tertiary/aromatic N) is 4. The molecule has 2 aromatic rings. The summed E-state index contributed by atoms with van der Waals surface area (Å²) in [5.74, 6) is 1.93. The van der Waals surface area contributed by atoms with Gasteiger partial charge in [-0.2, -0.15) is 18.3 Å². The van der Waals surface area contributed by atoms with Crippen LogP contribution in [-0.2, 0) is 19.8 Å². The van der Waals surface area contributed by atoms with Gasteiger partial charge in [-0.3, -0.25) is 4.68 Å². The zero-order valence-electron chi connectivity index (χ0n) is 17.4. The van der Waals surface area contributed by atoms with Gasteiger partial charge in [0, 0.05) is 32.4 Å². The Kier molecular flexibility index (Phi) is 10.2. The molecule has 0 fully saturated rings. The van der Waals surface area contributed by atoms with Crippen molar-refractivity contribution in [3.63, 3.8) is 0 Å². The topological polar surface area (TPSA) is 63.9 Å².